The Labute approximate surface area is 113 Å². The molecule has 0 aliphatic heterocycles. The number of hydrogen-bond donors (Lipinski definition) is 1. The molecule has 0 spiro atoms. The molecule has 0 bridgehead atoms. The summed E-state index contributed by atoms with van der Waals surface area (Å²) in [6.45, 7) is 0.478. The fourth-order valence-electron chi connectivity index (χ4n) is 1.46. The Kier molecular flexibility index (Phi) is 4.05. The highest BCUT2D eigenvalue weighted by Crippen LogP contribution is 2.27. The first-order chi connectivity index (χ1) is 8.17. The van der Waals surface area contributed by atoms with Crippen molar-refractivity contribution in [2.24, 2.45) is 5.73 Å². The van der Waals surface area contributed by atoms with Gasteiger partial charge in [0.1, 0.15) is 11.5 Å². The van der Waals surface area contributed by atoms with Crippen LogP contribution >= 0.6 is 27.5 Å². The lowest BCUT2D eigenvalue weighted by Crippen LogP contribution is -1.96. The van der Waals surface area contributed by atoms with E-state index >= 15 is 0 Å². The molecule has 17 heavy (non-hydrogen) atoms. The lowest BCUT2D eigenvalue weighted by Gasteiger charge is -2.08. The minimum absolute atomic E-state index is 0.478. The van der Waals surface area contributed by atoms with Gasteiger partial charge in [-0.25, -0.2) is 0 Å². The number of ether oxygens (including phenoxy) is 1. The van der Waals surface area contributed by atoms with E-state index in [0.29, 0.717) is 17.3 Å². The Morgan fingerprint density at radius 2 is 1.94 bits per heavy atom. The summed E-state index contributed by atoms with van der Waals surface area (Å²) in [5.41, 5.74) is 6.62. The van der Waals surface area contributed by atoms with Crippen LogP contribution in [-0.2, 0) is 6.54 Å². The van der Waals surface area contributed by atoms with Crippen molar-refractivity contribution in [2.45, 2.75) is 6.54 Å². The summed E-state index contributed by atoms with van der Waals surface area (Å²) in [5, 5.41) is 0.650. The molecule has 0 atom stereocenters. The van der Waals surface area contributed by atoms with Gasteiger partial charge in [-0.1, -0.05) is 33.6 Å². The first-order valence-electron chi connectivity index (χ1n) is 5.10. The predicted octanol–water partition coefficient (Wildman–Crippen LogP) is 4.35. The summed E-state index contributed by atoms with van der Waals surface area (Å²) in [6.07, 6.45) is 0. The summed E-state index contributed by atoms with van der Waals surface area (Å²) in [4.78, 5) is 0. The van der Waals surface area contributed by atoms with Gasteiger partial charge in [0.15, 0.2) is 0 Å². The molecule has 2 rings (SSSR count). The fraction of sp³-hybridized carbons (Fsp3) is 0.0769. The third-order valence-corrected chi connectivity index (χ3v) is 2.89. The topological polar surface area (TPSA) is 35.2 Å². The summed E-state index contributed by atoms with van der Waals surface area (Å²) in [5.74, 6) is 1.45. The largest absolute Gasteiger partial charge is 0.457 e. The first-order valence-corrected chi connectivity index (χ1v) is 6.27. The van der Waals surface area contributed by atoms with Crippen molar-refractivity contribution < 1.29 is 4.74 Å². The highest BCUT2D eigenvalue weighted by atomic mass is 79.9. The number of benzene rings is 2. The second kappa shape index (κ2) is 5.54. The van der Waals surface area contributed by atoms with E-state index in [1.54, 1.807) is 12.1 Å². The minimum atomic E-state index is 0.478. The Bertz CT molecular complexity index is 531. The molecule has 0 aromatic heterocycles. The maximum Gasteiger partial charge on any atom is 0.128 e. The van der Waals surface area contributed by atoms with Crippen LogP contribution in [0.4, 0.5) is 0 Å². The monoisotopic (exact) mass is 311 g/mol. The standard InChI is InChI=1S/C13H11BrClNO/c14-10-4-9(8-16)5-13(6-10)17-12-3-1-2-11(15)7-12/h1-7H,8,16H2. The van der Waals surface area contributed by atoms with Crippen molar-refractivity contribution in [3.63, 3.8) is 0 Å². The van der Waals surface area contributed by atoms with Crippen LogP contribution in [0.5, 0.6) is 11.5 Å². The van der Waals surface area contributed by atoms with Crippen LogP contribution < -0.4 is 10.5 Å². The third kappa shape index (κ3) is 3.46. The van der Waals surface area contributed by atoms with E-state index < -0.39 is 0 Å². The maximum atomic E-state index is 5.89. The molecule has 0 radical (unpaired) electrons. The van der Waals surface area contributed by atoms with Gasteiger partial charge in [0, 0.05) is 16.0 Å². The molecule has 0 aliphatic rings. The Morgan fingerprint density at radius 1 is 1.12 bits per heavy atom. The van der Waals surface area contributed by atoms with Crippen LogP contribution in [0.3, 0.4) is 0 Å². The van der Waals surface area contributed by atoms with E-state index in [1.165, 1.54) is 0 Å². The van der Waals surface area contributed by atoms with Gasteiger partial charge in [0.05, 0.1) is 0 Å². The third-order valence-electron chi connectivity index (χ3n) is 2.20. The van der Waals surface area contributed by atoms with Crippen molar-refractivity contribution >= 4 is 27.5 Å². The van der Waals surface area contributed by atoms with Crippen LogP contribution in [0.25, 0.3) is 0 Å². The SMILES string of the molecule is NCc1cc(Br)cc(Oc2cccc(Cl)c2)c1. The van der Waals surface area contributed by atoms with Crippen LogP contribution in [0.2, 0.25) is 5.02 Å². The van der Waals surface area contributed by atoms with Crippen molar-refractivity contribution in [3.05, 3.63) is 57.5 Å². The average molecular weight is 313 g/mol. The molecule has 4 heteroatoms. The number of halogens is 2. The second-order valence-corrected chi connectivity index (χ2v) is 4.91. The quantitative estimate of drug-likeness (QED) is 0.914. The molecule has 0 saturated carbocycles. The molecule has 0 fully saturated rings. The van der Waals surface area contributed by atoms with Gasteiger partial charge in [0.25, 0.3) is 0 Å². The molecule has 0 saturated heterocycles. The van der Waals surface area contributed by atoms with Crippen LogP contribution in [0.1, 0.15) is 5.56 Å². The summed E-state index contributed by atoms with van der Waals surface area (Å²) in [6, 6.07) is 13.0. The zero-order valence-electron chi connectivity index (χ0n) is 8.99. The Morgan fingerprint density at radius 3 is 2.65 bits per heavy atom. The smallest absolute Gasteiger partial charge is 0.128 e. The van der Waals surface area contributed by atoms with Gasteiger partial charge in [0.2, 0.25) is 0 Å². The van der Waals surface area contributed by atoms with E-state index in [9.17, 15) is 0 Å². The van der Waals surface area contributed by atoms with Crippen molar-refractivity contribution in [1.29, 1.82) is 0 Å². The maximum absolute atomic E-state index is 5.89. The Hall–Kier alpha value is -1.03. The molecular formula is C13H11BrClNO. The summed E-state index contributed by atoms with van der Waals surface area (Å²) in [7, 11) is 0. The lowest BCUT2D eigenvalue weighted by molar-refractivity contribution is 0.481. The van der Waals surface area contributed by atoms with E-state index in [-0.39, 0.29) is 0 Å². The van der Waals surface area contributed by atoms with E-state index in [1.807, 2.05) is 30.3 Å². The van der Waals surface area contributed by atoms with Crippen molar-refractivity contribution in [2.75, 3.05) is 0 Å². The minimum Gasteiger partial charge on any atom is -0.457 e. The first kappa shape index (κ1) is 12.4. The normalized spacial score (nSPS) is 10.3. The van der Waals surface area contributed by atoms with Crippen molar-refractivity contribution in [1.82, 2.24) is 0 Å². The molecule has 0 heterocycles. The number of nitrogens with two attached hydrogens (primary N) is 1. The second-order valence-electron chi connectivity index (χ2n) is 3.56. The highest BCUT2D eigenvalue weighted by molar-refractivity contribution is 9.10. The number of rotatable bonds is 3. The zero-order chi connectivity index (χ0) is 12.3. The van der Waals surface area contributed by atoms with Gasteiger partial charge in [-0.2, -0.15) is 0 Å². The van der Waals surface area contributed by atoms with E-state index in [0.717, 1.165) is 15.8 Å². The molecule has 0 amide bonds. The van der Waals surface area contributed by atoms with Gasteiger partial charge in [-0.05, 0) is 42.0 Å². The number of hydrogen-bond acceptors (Lipinski definition) is 2. The Balaban J connectivity index is 2.26. The van der Waals surface area contributed by atoms with Gasteiger partial charge in [-0.15, -0.1) is 0 Å². The van der Waals surface area contributed by atoms with E-state index in [2.05, 4.69) is 15.9 Å². The summed E-state index contributed by atoms with van der Waals surface area (Å²) < 4.78 is 6.65. The van der Waals surface area contributed by atoms with Crippen LogP contribution in [-0.4, -0.2) is 0 Å². The zero-order valence-corrected chi connectivity index (χ0v) is 11.3. The van der Waals surface area contributed by atoms with Crippen LogP contribution in [0, 0.1) is 0 Å². The fourth-order valence-corrected chi connectivity index (χ4v) is 2.16. The lowest BCUT2D eigenvalue weighted by atomic mass is 10.2. The van der Waals surface area contributed by atoms with Gasteiger partial charge < -0.3 is 10.5 Å². The molecule has 0 unspecified atom stereocenters. The van der Waals surface area contributed by atoms with Crippen molar-refractivity contribution in [3.8, 4) is 11.5 Å². The van der Waals surface area contributed by atoms with Crippen LogP contribution in [0.15, 0.2) is 46.9 Å². The molecule has 2 aromatic rings. The predicted molar refractivity (Wildman–Crippen MR) is 73.6 cm³/mol. The molecule has 2 N–H and O–H groups in total. The molecular weight excluding hydrogens is 302 g/mol. The van der Waals surface area contributed by atoms with Gasteiger partial charge in [-0.3, -0.25) is 0 Å². The van der Waals surface area contributed by atoms with E-state index in [4.69, 9.17) is 22.1 Å². The molecule has 88 valence electrons. The van der Waals surface area contributed by atoms with Gasteiger partial charge >= 0.3 is 0 Å². The summed E-state index contributed by atoms with van der Waals surface area (Å²) >= 11 is 9.31. The highest BCUT2D eigenvalue weighted by Gasteiger charge is 2.01. The average Bonchev–Trinajstić information content (AvgIpc) is 2.28. The molecule has 0 aliphatic carbocycles. The molecule has 2 nitrogen and oxygen atoms in total. The molecule has 2 aromatic carbocycles.